The summed E-state index contributed by atoms with van der Waals surface area (Å²) < 4.78 is 53.8. The molecule has 0 fully saturated rings. The number of phenolic OH excluding ortho intramolecular Hbond substituents is 1. The number of nitrogens with two attached hydrogens (primary N) is 1. The van der Waals surface area contributed by atoms with Crippen molar-refractivity contribution in [1.82, 2.24) is 5.32 Å². The smallest absolute Gasteiger partial charge is 0.257 e. The van der Waals surface area contributed by atoms with Crippen molar-refractivity contribution in [3.8, 4) is 5.75 Å². The van der Waals surface area contributed by atoms with Gasteiger partial charge in [-0.15, -0.1) is 0 Å². The van der Waals surface area contributed by atoms with Crippen LogP contribution >= 0.6 is 0 Å². The maximum atomic E-state index is 13.6. The predicted molar refractivity (Wildman–Crippen MR) is 74.8 cm³/mol. The number of phenols is 1. The summed E-state index contributed by atoms with van der Waals surface area (Å²) in [6.45, 7) is -0.0316. The van der Waals surface area contributed by atoms with Crippen molar-refractivity contribution in [1.29, 1.82) is 0 Å². The van der Waals surface area contributed by atoms with Crippen LogP contribution in [0, 0.1) is 23.3 Å². The van der Waals surface area contributed by atoms with Gasteiger partial charge in [0.1, 0.15) is 17.0 Å². The fourth-order valence-corrected chi connectivity index (χ4v) is 1.92. The molecule has 0 aliphatic rings. The summed E-state index contributed by atoms with van der Waals surface area (Å²) in [6.07, 6.45) is 0.287. The predicted octanol–water partition coefficient (Wildman–Crippen LogP) is 2.50. The van der Waals surface area contributed by atoms with Crippen LogP contribution in [0.5, 0.6) is 5.75 Å². The number of amides is 1. The Morgan fingerprint density at radius 1 is 1.00 bits per heavy atom. The number of nitrogen functional groups attached to an aromatic ring is 1. The van der Waals surface area contributed by atoms with E-state index in [9.17, 15) is 22.4 Å². The van der Waals surface area contributed by atoms with Gasteiger partial charge in [-0.05, 0) is 24.1 Å². The summed E-state index contributed by atoms with van der Waals surface area (Å²) >= 11 is 0. The Bertz CT molecular complexity index is 719. The molecule has 4 nitrogen and oxygen atoms in total. The highest BCUT2D eigenvalue weighted by Crippen LogP contribution is 2.25. The molecule has 0 atom stereocenters. The quantitative estimate of drug-likeness (QED) is 0.459. The first kappa shape index (κ1) is 16.6. The molecule has 0 aliphatic heterocycles. The topological polar surface area (TPSA) is 75.4 Å². The molecular weight excluding hydrogens is 316 g/mol. The number of carbonyl (C=O) groups is 1. The maximum absolute atomic E-state index is 13.6. The fraction of sp³-hybridized carbons (Fsp3) is 0.133. The monoisotopic (exact) mass is 328 g/mol. The van der Waals surface area contributed by atoms with Gasteiger partial charge < -0.3 is 16.2 Å². The van der Waals surface area contributed by atoms with Crippen molar-refractivity contribution in [3.05, 3.63) is 58.7 Å². The SMILES string of the molecule is Nc1c(F)c(F)c(C(=O)NCCc2ccc(O)cc2)c(F)c1F. The number of rotatable bonds is 4. The second-order valence-electron chi connectivity index (χ2n) is 4.72. The van der Waals surface area contributed by atoms with Crippen LogP contribution in [0.1, 0.15) is 15.9 Å². The third-order valence-electron chi connectivity index (χ3n) is 3.16. The van der Waals surface area contributed by atoms with E-state index in [2.05, 4.69) is 5.32 Å². The zero-order chi connectivity index (χ0) is 17.1. The van der Waals surface area contributed by atoms with Crippen molar-refractivity contribution in [2.75, 3.05) is 12.3 Å². The zero-order valence-corrected chi connectivity index (χ0v) is 11.7. The van der Waals surface area contributed by atoms with Crippen LogP contribution in [0.15, 0.2) is 24.3 Å². The molecule has 0 heterocycles. The van der Waals surface area contributed by atoms with Crippen molar-refractivity contribution in [3.63, 3.8) is 0 Å². The van der Waals surface area contributed by atoms with Crippen LogP contribution < -0.4 is 11.1 Å². The summed E-state index contributed by atoms with van der Waals surface area (Å²) in [5.74, 6) is -8.54. The summed E-state index contributed by atoms with van der Waals surface area (Å²) in [5.41, 5.74) is 2.91. The van der Waals surface area contributed by atoms with Crippen LogP contribution in [0.3, 0.4) is 0 Å². The highest BCUT2D eigenvalue weighted by molar-refractivity contribution is 5.95. The molecule has 0 unspecified atom stereocenters. The molecule has 4 N–H and O–H groups in total. The Kier molecular flexibility index (Phi) is 4.73. The van der Waals surface area contributed by atoms with Crippen LogP contribution in [0.4, 0.5) is 23.2 Å². The van der Waals surface area contributed by atoms with E-state index in [1.54, 1.807) is 12.1 Å². The molecule has 0 radical (unpaired) electrons. The molecule has 0 aromatic heterocycles. The number of halogens is 4. The molecule has 2 rings (SSSR count). The van der Waals surface area contributed by atoms with Crippen LogP contribution in [0.2, 0.25) is 0 Å². The highest BCUT2D eigenvalue weighted by Gasteiger charge is 2.27. The number of carbonyl (C=O) groups excluding carboxylic acids is 1. The van der Waals surface area contributed by atoms with Gasteiger partial charge in [0.05, 0.1) is 0 Å². The third-order valence-corrected chi connectivity index (χ3v) is 3.16. The average Bonchev–Trinajstić information content (AvgIpc) is 2.53. The van der Waals surface area contributed by atoms with E-state index in [1.165, 1.54) is 12.1 Å². The molecule has 0 aliphatic carbocycles. The third kappa shape index (κ3) is 3.36. The lowest BCUT2D eigenvalue weighted by Gasteiger charge is -2.10. The molecule has 2 aromatic carbocycles. The summed E-state index contributed by atoms with van der Waals surface area (Å²) in [5, 5.41) is 11.3. The summed E-state index contributed by atoms with van der Waals surface area (Å²) in [6, 6.07) is 6.04. The second kappa shape index (κ2) is 6.55. The average molecular weight is 328 g/mol. The lowest BCUT2D eigenvalue weighted by Crippen LogP contribution is -2.28. The van der Waals surface area contributed by atoms with E-state index in [1.807, 2.05) is 0 Å². The van der Waals surface area contributed by atoms with Crippen LogP contribution in [-0.2, 0) is 6.42 Å². The van der Waals surface area contributed by atoms with Crippen molar-refractivity contribution in [2.45, 2.75) is 6.42 Å². The molecular formula is C15H12F4N2O2. The Balaban J connectivity index is 2.11. The summed E-state index contributed by atoms with van der Waals surface area (Å²) in [4.78, 5) is 11.7. The fourth-order valence-electron chi connectivity index (χ4n) is 1.92. The van der Waals surface area contributed by atoms with E-state index in [0.717, 1.165) is 5.56 Å². The minimum atomic E-state index is -1.84. The zero-order valence-electron chi connectivity index (χ0n) is 11.7. The molecule has 2 aromatic rings. The number of benzene rings is 2. The maximum Gasteiger partial charge on any atom is 0.257 e. The molecule has 0 saturated carbocycles. The van der Waals surface area contributed by atoms with Gasteiger partial charge in [0.2, 0.25) is 0 Å². The molecule has 8 heteroatoms. The van der Waals surface area contributed by atoms with Crippen molar-refractivity contribution < 1.29 is 27.5 Å². The molecule has 23 heavy (non-hydrogen) atoms. The Morgan fingerprint density at radius 3 is 2.04 bits per heavy atom. The number of hydrogen-bond donors (Lipinski definition) is 3. The largest absolute Gasteiger partial charge is 0.508 e. The van der Waals surface area contributed by atoms with Gasteiger partial charge >= 0.3 is 0 Å². The molecule has 1 amide bonds. The number of nitrogens with one attached hydrogen (secondary N) is 1. The van der Waals surface area contributed by atoms with Crippen molar-refractivity contribution >= 4 is 11.6 Å². The van der Waals surface area contributed by atoms with Gasteiger partial charge in [-0.25, -0.2) is 17.6 Å². The molecule has 0 bridgehead atoms. The van der Waals surface area contributed by atoms with Gasteiger partial charge in [-0.3, -0.25) is 4.79 Å². The number of aromatic hydroxyl groups is 1. The highest BCUT2D eigenvalue weighted by atomic mass is 19.2. The summed E-state index contributed by atoms with van der Waals surface area (Å²) in [7, 11) is 0. The number of anilines is 1. The standard InChI is InChI=1S/C15H12F4N2O2/c16-10-9(11(17)13(19)14(20)12(10)18)15(23)21-6-5-7-1-3-8(22)4-2-7/h1-4,22H,5-6,20H2,(H,21,23). The van der Waals surface area contributed by atoms with Gasteiger partial charge in [-0.1, -0.05) is 12.1 Å². The van der Waals surface area contributed by atoms with E-state index in [4.69, 9.17) is 10.8 Å². The normalized spacial score (nSPS) is 10.6. The van der Waals surface area contributed by atoms with Crippen molar-refractivity contribution in [2.24, 2.45) is 0 Å². The van der Waals surface area contributed by atoms with Gasteiger partial charge in [0, 0.05) is 6.54 Å². The Labute approximate surface area is 128 Å². The Morgan fingerprint density at radius 2 is 1.52 bits per heavy atom. The van der Waals surface area contributed by atoms with E-state index < -0.39 is 40.4 Å². The van der Waals surface area contributed by atoms with Gasteiger partial charge in [0.25, 0.3) is 5.91 Å². The minimum Gasteiger partial charge on any atom is -0.508 e. The molecule has 122 valence electrons. The van der Waals surface area contributed by atoms with E-state index >= 15 is 0 Å². The molecule has 0 saturated heterocycles. The first-order valence-corrected chi connectivity index (χ1v) is 6.50. The van der Waals surface area contributed by atoms with Gasteiger partial charge in [-0.2, -0.15) is 0 Å². The van der Waals surface area contributed by atoms with E-state index in [0.29, 0.717) is 0 Å². The van der Waals surface area contributed by atoms with Crippen LogP contribution in [0.25, 0.3) is 0 Å². The first-order valence-electron chi connectivity index (χ1n) is 6.50. The number of hydrogen-bond acceptors (Lipinski definition) is 3. The van der Waals surface area contributed by atoms with Crippen LogP contribution in [-0.4, -0.2) is 17.6 Å². The van der Waals surface area contributed by atoms with Gasteiger partial charge in [0.15, 0.2) is 23.3 Å². The minimum absolute atomic E-state index is 0.0316. The Hall–Kier alpha value is -2.77. The second-order valence-corrected chi connectivity index (χ2v) is 4.72. The van der Waals surface area contributed by atoms with E-state index in [-0.39, 0.29) is 18.7 Å². The lowest BCUT2D eigenvalue weighted by molar-refractivity contribution is 0.0943. The first-order chi connectivity index (χ1) is 10.8. The lowest BCUT2D eigenvalue weighted by atomic mass is 10.1. The molecule has 0 spiro atoms.